The fourth-order valence-electron chi connectivity index (χ4n) is 4.32. The van der Waals surface area contributed by atoms with Crippen LogP contribution in [0.2, 0.25) is 0 Å². The van der Waals surface area contributed by atoms with Crippen LogP contribution in [0.5, 0.6) is 0 Å². The lowest BCUT2D eigenvalue weighted by Gasteiger charge is -2.37. The standard InChI is InChI=1S/C18H28N6O/c1-13-20-18(25-22-13)14-5-7-15(8-6-14)21-16-4-3-11-24(12-16)17-9-10-19-23(17)2/h9-10,14-16,21H,3-8,11-12H2,1-2H3. The zero-order valence-electron chi connectivity index (χ0n) is 15.2. The van der Waals surface area contributed by atoms with E-state index in [-0.39, 0.29) is 0 Å². The highest BCUT2D eigenvalue weighted by atomic mass is 16.5. The second-order valence-electron chi connectivity index (χ2n) is 7.49. The van der Waals surface area contributed by atoms with E-state index < -0.39 is 0 Å². The molecule has 0 amide bonds. The molecule has 7 heteroatoms. The molecule has 2 aromatic heterocycles. The molecule has 4 rings (SSSR count). The van der Waals surface area contributed by atoms with Gasteiger partial charge in [-0.1, -0.05) is 5.16 Å². The summed E-state index contributed by atoms with van der Waals surface area (Å²) in [5.41, 5.74) is 0. The van der Waals surface area contributed by atoms with Crippen molar-refractivity contribution in [1.82, 2.24) is 25.2 Å². The van der Waals surface area contributed by atoms with Gasteiger partial charge in [-0.05, 0) is 45.4 Å². The Morgan fingerprint density at radius 2 is 2.00 bits per heavy atom. The lowest BCUT2D eigenvalue weighted by atomic mass is 9.85. The van der Waals surface area contributed by atoms with Gasteiger partial charge in [-0.2, -0.15) is 10.1 Å². The molecule has 0 aromatic carbocycles. The number of aromatic nitrogens is 4. The van der Waals surface area contributed by atoms with Crippen molar-refractivity contribution in [1.29, 1.82) is 0 Å². The number of nitrogens with one attached hydrogen (secondary N) is 1. The largest absolute Gasteiger partial charge is 0.355 e. The summed E-state index contributed by atoms with van der Waals surface area (Å²) in [5.74, 6) is 3.24. The molecule has 1 saturated heterocycles. The normalized spacial score (nSPS) is 27.6. The number of nitrogens with zero attached hydrogens (tertiary/aromatic N) is 5. The molecule has 2 aromatic rings. The van der Waals surface area contributed by atoms with Gasteiger partial charge in [0.15, 0.2) is 5.82 Å². The SMILES string of the molecule is Cc1noc(C2CCC(NC3CCCN(c4ccnn4C)C3)CC2)n1. The minimum atomic E-state index is 0.441. The van der Waals surface area contributed by atoms with E-state index in [4.69, 9.17) is 4.52 Å². The summed E-state index contributed by atoms with van der Waals surface area (Å²) in [7, 11) is 2.02. The number of hydrogen-bond acceptors (Lipinski definition) is 6. The van der Waals surface area contributed by atoms with E-state index in [2.05, 4.69) is 31.5 Å². The van der Waals surface area contributed by atoms with Crippen LogP contribution in [0.1, 0.15) is 56.2 Å². The van der Waals surface area contributed by atoms with Crippen LogP contribution in [0.25, 0.3) is 0 Å². The maximum absolute atomic E-state index is 5.36. The van der Waals surface area contributed by atoms with E-state index in [1.165, 1.54) is 31.5 Å². The first-order valence-corrected chi connectivity index (χ1v) is 9.48. The Balaban J connectivity index is 1.29. The van der Waals surface area contributed by atoms with Gasteiger partial charge in [0.1, 0.15) is 5.82 Å². The number of rotatable bonds is 4. The van der Waals surface area contributed by atoms with Gasteiger partial charge in [0.05, 0.1) is 6.20 Å². The highest BCUT2D eigenvalue weighted by molar-refractivity contribution is 5.38. The van der Waals surface area contributed by atoms with Crippen LogP contribution in [0, 0.1) is 6.92 Å². The Morgan fingerprint density at radius 1 is 1.16 bits per heavy atom. The van der Waals surface area contributed by atoms with Crippen LogP contribution in [-0.2, 0) is 7.05 Å². The van der Waals surface area contributed by atoms with E-state index >= 15 is 0 Å². The molecule has 0 radical (unpaired) electrons. The van der Waals surface area contributed by atoms with Crippen molar-refractivity contribution in [2.75, 3.05) is 18.0 Å². The second-order valence-corrected chi connectivity index (χ2v) is 7.49. The summed E-state index contributed by atoms with van der Waals surface area (Å²) in [6, 6.07) is 3.28. The van der Waals surface area contributed by atoms with E-state index in [1.54, 1.807) is 0 Å². The quantitative estimate of drug-likeness (QED) is 0.918. The molecule has 3 heterocycles. The Kier molecular flexibility index (Phi) is 4.74. The van der Waals surface area contributed by atoms with Gasteiger partial charge in [0, 0.05) is 44.2 Å². The fraction of sp³-hybridized carbons (Fsp3) is 0.722. The molecule has 1 aliphatic carbocycles. The molecule has 1 N–H and O–H groups in total. The Labute approximate surface area is 148 Å². The van der Waals surface area contributed by atoms with Crippen LogP contribution in [-0.4, -0.2) is 45.1 Å². The third-order valence-corrected chi connectivity index (χ3v) is 5.63. The highest BCUT2D eigenvalue weighted by Crippen LogP contribution is 2.32. The molecule has 7 nitrogen and oxygen atoms in total. The smallest absolute Gasteiger partial charge is 0.229 e. The Hall–Kier alpha value is -1.89. The van der Waals surface area contributed by atoms with Crippen LogP contribution < -0.4 is 10.2 Å². The monoisotopic (exact) mass is 344 g/mol. The molecule has 25 heavy (non-hydrogen) atoms. The van der Waals surface area contributed by atoms with Crippen molar-refractivity contribution >= 4 is 5.82 Å². The zero-order valence-corrected chi connectivity index (χ0v) is 15.2. The third-order valence-electron chi connectivity index (χ3n) is 5.63. The molecule has 1 unspecified atom stereocenters. The summed E-state index contributed by atoms with van der Waals surface area (Å²) >= 11 is 0. The summed E-state index contributed by atoms with van der Waals surface area (Å²) in [4.78, 5) is 6.87. The first kappa shape index (κ1) is 16.6. The lowest BCUT2D eigenvalue weighted by molar-refractivity contribution is 0.262. The van der Waals surface area contributed by atoms with Gasteiger partial charge in [0.25, 0.3) is 0 Å². The molecular formula is C18H28N6O. The summed E-state index contributed by atoms with van der Waals surface area (Å²) in [6.45, 7) is 4.08. The van der Waals surface area contributed by atoms with Gasteiger partial charge in [-0.15, -0.1) is 0 Å². The Morgan fingerprint density at radius 3 is 2.68 bits per heavy atom. The van der Waals surface area contributed by atoms with Gasteiger partial charge in [-0.3, -0.25) is 4.68 Å². The molecule has 136 valence electrons. The van der Waals surface area contributed by atoms with Gasteiger partial charge < -0.3 is 14.7 Å². The first-order chi connectivity index (χ1) is 12.2. The van der Waals surface area contributed by atoms with Crippen molar-refractivity contribution in [3.8, 4) is 0 Å². The van der Waals surface area contributed by atoms with E-state index in [9.17, 15) is 0 Å². The first-order valence-electron chi connectivity index (χ1n) is 9.48. The number of hydrogen-bond donors (Lipinski definition) is 1. The maximum Gasteiger partial charge on any atom is 0.229 e. The van der Waals surface area contributed by atoms with E-state index in [0.717, 1.165) is 37.6 Å². The van der Waals surface area contributed by atoms with E-state index in [1.807, 2.05) is 24.9 Å². The van der Waals surface area contributed by atoms with Crippen molar-refractivity contribution in [3.63, 3.8) is 0 Å². The van der Waals surface area contributed by atoms with Crippen LogP contribution in [0.4, 0.5) is 5.82 Å². The zero-order chi connectivity index (χ0) is 17.2. The average molecular weight is 344 g/mol. The summed E-state index contributed by atoms with van der Waals surface area (Å²) < 4.78 is 7.33. The van der Waals surface area contributed by atoms with Crippen LogP contribution >= 0.6 is 0 Å². The fourth-order valence-corrected chi connectivity index (χ4v) is 4.32. The van der Waals surface area contributed by atoms with Crippen molar-refractivity contribution in [2.45, 2.75) is 63.5 Å². The minimum absolute atomic E-state index is 0.441. The summed E-state index contributed by atoms with van der Waals surface area (Å²) in [6.07, 6.45) is 9.03. The predicted molar refractivity (Wildman–Crippen MR) is 95.6 cm³/mol. The molecule has 1 saturated carbocycles. The number of aryl methyl sites for hydroxylation is 2. The molecule has 1 aliphatic heterocycles. The highest BCUT2D eigenvalue weighted by Gasteiger charge is 2.29. The average Bonchev–Trinajstić information content (AvgIpc) is 3.24. The molecule has 2 aliphatic rings. The van der Waals surface area contributed by atoms with E-state index in [0.29, 0.717) is 18.0 Å². The summed E-state index contributed by atoms with van der Waals surface area (Å²) in [5, 5.41) is 12.1. The van der Waals surface area contributed by atoms with Crippen molar-refractivity contribution < 1.29 is 4.52 Å². The minimum Gasteiger partial charge on any atom is -0.355 e. The number of anilines is 1. The topological polar surface area (TPSA) is 72.0 Å². The van der Waals surface area contributed by atoms with Crippen LogP contribution in [0.3, 0.4) is 0 Å². The van der Waals surface area contributed by atoms with Crippen molar-refractivity contribution in [3.05, 3.63) is 24.0 Å². The molecule has 1 atom stereocenters. The molecule has 0 bridgehead atoms. The lowest BCUT2D eigenvalue weighted by Crippen LogP contribution is -2.50. The number of piperidine rings is 1. The third kappa shape index (κ3) is 3.71. The maximum atomic E-state index is 5.36. The van der Waals surface area contributed by atoms with Crippen molar-refractivity contribution in [2.24, 2.45) is 7.05 Å². The molecular weight excluding hydrogens is 316 g/mol. The Bertz CT molecular complexity index is 687. The van der Waals surface area contributed by atoms with Gasteiger partial charge in [-0.25, -0.2) is 0 Å². The molecule has 0 spiro atoms. The molecule has 2 fully saturated rings. The van der Waals surface area contributed by atoms with Gasteiger partial charge >= 0.3 is 0 Å². The second kappa shape index (κ2) is 7.15. The van der Waals surface area contributed by atoms with Gasteiger partial charge in [0.2, 0.25) is 5.89 Å². The predicted octanol–water partition coefficient (Wildman–Crippen LogP) is 2.40. The van der Waals surface area contributed by atoms with Crippen LogP contribution in [0.15, 0.2) is 16.8 Å².